The van der Waals surface area contributed by atoms with Crippen LogP contribution in [0.2, 0.25) is 11.1 Å². The van der Waals surface area contributed by atoms with E-state index in [-0.39, 0.29) is 14.9 Å². The molecule has 1 aliphatic heterocycles. The van der Waals surface area contributed by atoms with Crippen molar-refractivity contribution >= 4 is 14.5 Å². The zero-order valence-corrected chi connectivity index (χ0v) is 7.97. The van der Waals surface area contributed by atoms with Gasteiger partial charge in [0, 0.05) is 6.61 Å². The Labute approximate surface area is 77.9 Å². The summed E-state index contributed by atoms with van der Waals surface area (Å²) < 4.78 is 5.42. The van der Waals surface area contributed by atoms with Gasteiger partial charge < -0.3 is 3.79 Å². The smallest absolute Gasteiger partial charge is 0.457 e. The zero-order valence-electron chi connectivity index (χ0n) is 6.81. The summed E-state index contributed by atoms with van der Waals surface area (Å²) in [4.78, 5) is 0. The summed E-state index contributed by atoms with van der Waals surface area (Å²) in [5.41, 5.74) is 0. The van der Waals surface area contributed by atoms with Crippen LogP contribution in [0.15, 0.2) is 0 Å². The van der Waals surface area contributed by atoms with E-state index in [1.54, 1.807) is 0 Å². The van der Waals surface area contributed by atoms with Crippen molar-refractivity contribution in [3.8, 4) is 0 Å². The van der Waals surface area contributed by atoms with E-state index in [9.17, 15) is 0 Å². The number of rotatable bonds is 0. The minimum atomic E-state index is -0.595. The summed E-state index contributed by atoms with van der Waals surface area (Å²) in [5, 5.41) is 1.40. The Morgan fingerprint density at radius 2 is 1.64 bits per heavy atom. The summed E-state index contributed by atoms with van der Waals surface area (Å²) >= 11 is -0.595. The molecular formula is C9H25AlO. The fraction of sp³-hybridized carbons (Fsp3) is 1.00. The van der Waals surface area contributed by atoms with Crippen LogP contribution in [-0.4, -0.2) is 21.1 Å². The fourth-order valence-electron chi connectivity index (χ4n) is 0.902. The topological polar surface area (TPSA) is 9.23 Å². The van der Waals surface area contributed by atoms with E-state index in [0.717, 1.165) is 6.61 Å². The summed E-state index contributed by atoms with van der Waals surface area (Å²) in [6.07, 6.45) is 2.73. The van der Waals surface area contributed by atoms with Gasteiger partial charge in [0.2, 0.25) is 0 Å². The molecule has 11 heavy (non-hydrogen) atoms. The number of hydrogen-bond donors (Lipinski definition) is 0. The Bertz CT molecular complexity index is 51.5. The van der Waals surface area contributed by atoms with Crippen LogP contribution in [-0.2, 0) is 3.79 Å². The first kappa shape index (κ1) is 17.5. The van der Waals surface area contributed by atoms with Crippen molar-refractivity contribution in [3.05, 3.63) is 0 Å². The monoisotopic (exact) mass is 176 g/mol. The minimum absolute atomic E-state index is 0. The second-order valence-corrected chi connectivity index (χ2v) is 4.71. The third-order valence-corrected chi connectivity index (χ3v) is 3.43. The lowest BCUT2D eigenvalue weighted by Gasteiger charge is -2.13. The molecular weight excluding hydrogens is 151 g/mol. The average molecular weight is 176 g/mol. The van der Waals surface area contributed by atoms with Crippen molar-refractivity contribution in [3.63, 3.8) is 0 Å². The molecule has 70 valence electrons. The van der Waals surface area contributed by atoms with Gasteiger partial charge in [-0.1, -0.05) is 46.2 Å². The highest BCUT2D eigenvalue weighted by Crippen LogP contribution is 2.09. The number of hydrogen-bond acceptors (Lipinski definition) is 1. The van der Waals surface area contributed by atoms with Gasteiger partial charge in [-0.2, -0.15) is 0 Å². The third kappa shape index (κ3) is 10.5. The lowest BCUT2D eigenvalue weighted by atomic mass is 10.4. The Morgan fingerprint density at radius 3 is 1.82 bits per heavy atom. The van der Waals surface area contributed by atoms with Crippen LogP contribution >= 0.6 is 0 Å². The Balaban J connectivity index is -0.000000149. The maximum Gasteiger partial charge on any atom is 0.457 e. The van der Waals surface area contributed by atoms with Crippen LogP contribution < -0.4 is 0 Å². The van der Waals surface area contributed by atoms with E-state index >= 15 is 0 Å². The molecule has 1 heterocycles. The van der Waals surface area contributed by atoms with Crippen LogP contribution in [0.25, 0.3) is 0 Å². The van der Waals surface area contributed by atoms with E-state index in [1.165, 1.54) is 18.1 Å². The Morgan fingerprint density at radius 1 is 1.09 bits per heavy atom. The molecule has 1 nitrogen and oxygen atoms in total. The largest absolute Gasteiger partial charge is 0.501 e. The normalized spacial score (nSPS) is 15.0. The van der Waals surface area contributed by atoms with E-state index in [2.05, 4.69) is 5.79 Å². The molecule has 1 rings (SSSR count). The molecule has 0 aliphatic carbocycles. The van der Waals surface area contributed by atoms with Crippen LogP contribution in [0.4, 0.5) is 0 Å². The van der Waals surface area contributed by atoms with Crippen LogP contribution in [0, 0.1) is 0 Å². The minimum Gasteiger partial charge on any atom is -0.501 e. The van der Waals surface area contributed by atoms with Gasteiger partial charge in [-0.05, 0) is 6.42 Å². The molecule has 0 atom stereocenters. The molecule has 0 aromatic heterocycles. The predicted molar refractivity (Wildman–Crippen MR) is 56.4 cm³/mol. The van der Waals surface area contributed by atoms with Crippen LogP contribution in [0.5, 0.6) is 0 Å². The van der Waals surface area contributed by atoms with Crippen molar-refractivity contribution in [1.82, 2.24) is 0 Å². The van der Waals surface area contributed by atoms with Crippen molar-refractivity contribution < 1.29 is 3.79 Å². The molecule has 0 unspecified atom stereocenters. The lowest BCUT2D eigenvalue weighted by Crippen LogP contribution is -2.18. The van der Waals surface area contributed by atoms with Gasteiger partial charge in [-0.15, -0.1) is 0 Å². The molecule has 0 amide bonds. The van der Waals surface area contributed by atoms with Gasteiger partial charge in [-0.25, -0.2) is 0 Å². The highest BCUT2D eigenvalue weighted by molar-refractivity contribution is 6.50. The predicted octanol–water partition coefficient (Wildman–Crippen LogP) is 3.72. The Kier molecular flexibility index (Phi) is 20.9. The molecule has 1 fully saturated rings. The van der Waals surface area contributed by atoms with E-state index in [1.807, 2.05) is 13.8 Å². The first-order valence-electron chi connectivity index (χ1n) is 4.01. The van der Waals surface area contributed by atoms with E-state index < -0.39 is 14.5 Å². The molecule has 1 saturated heterocycles. The molecule has 0 spiro atoms. The second-order valence-electron chi connectivity index (χ2n) is 2.18. The molecule has 0 radical (unpaired) electrons. The summed E-state index contributed by atoms with van der Waals surface area (Å²) in [6.45, 7) is 5.05. The van der Waals surface area contributed by atoms with Gasteiger partial charge in [0.25, 0.3) is 0 Å². The van der Waals surface area contributed by atoms with Gasteiger partial charge >= 0.3 is 14.5 Å². The van der Waals surface area contributed by atoms with E-state index in [0.29, 0.717) is 0 Å². The van der Waals surface area contributed by atoms with Crippen molar-refractivity contribution in [1.29, 1.82) is 0 Å². The lowest BCUT2D eigenvalue weighted by molar-refractivity contribution is 0.291. The van der Waals surface area contributed by atoms with Gasteiger partial charge in [-0.3, -0.25) is 0 Å². The standard InChI is InChI=1S/C4H8O.C2H6.2CH4.CH3.Al/c1-2-3-4-5;1-2;;;;/h1-4H2;1-2H3;2*1H4;1H3;/q-1;;;;;+1. The third-order valence-electron chi connectivity index (χ3n) is 1.41. The second kappa shape index (κ2) is 13.1. The highest BCUT2D eigenvalue weighted by Gasteiger charge is 2.15. The maximum absolute atomic E-state index is 5.42. The summed E-state index contributed by atoms with van der Waals surface area (Å²) in [7, 11) is 0. The quantitative estimate of drug-likeness (QED) is 0.511. The molecule has 0 bridgehead atoms. The fourth-order valence-corrected chi connectivity index (χ4v) is 2.50. The average Bonchev–Trinajstić information content (AvgIpc) is 1.94. The molecule has 0 aromatic rings. The van der Waals surface area contributed by atoms with Gasteiger partial charge in [0.15, 0.2) is 0 Å². The van der Waals surface area contributed by atoms with Crippen molar-refractivity contribution in [2.75, 3.05) is 6.61 Å². The van der Waals surface area contributed by atoms with Crippen molar-refractivity contribution in [2.24, 2.45) is 0 Å². The van der Waals surface area contributed by atoms with Crippen molar-refractivity contribution in [2.45, 2.75) is 52.6 Å². The highest BCUT2D eigenvalue weighted by atomic mass is 27.2. The molecule has 0 saturated carbocycles. The van der Waals surface area contributed by atoms with Crippen LogP contribution in [0.1, 0.15) is 41.5 Å². The van der Waals surface area contributed by atoms with Gasteiger partial charge in [0.05, 0.1) is 0 Å². The SMILES string of the molecule is C.C.CC.[CH3][Al]1[CH2]CCC[O]1. The van der Waals surface area contributed by atoms with E-state index in [4.69, 9.17) is 3.79 Å². The molecule has 1 aliphatic rings. The zero-order chi connectivity index (χ0) is 7.11. The van der Waals surface area contributed by atoms with Crippen LogP contribution in [0.3, 0.4) is 0 Å². The summed E-state index contributed by atoms with van der Waals surface area (Å²) in [6, 6.07) is 0. The van der Waals surface area contributed by atoms with Gasteiger partial charge in [0.1, 0.15) is 0 Å². The molecule has 0 N–H and O–H groups in total. The molecule has 0 aromatic carbocycles. The Hall–Kier alpha value is 0.492. The maximum atomic E-state index is 5.42. The first-order chi connectivity index (χ1) is 4.39. The molecule has 2 heteroatoms. The first-order valence-corrected chi connectivity index (χ1v) is 6.45. The summed E-state index contributed by atoms with van der Waals surface area (Å²) in [5.74, 6) is 2.28.